The topological polar surface area (TPSA) is 20.3 Å². The zero-order chi connectivity index (χ0) is 14.6. The Morgan fingerprint density at radius 1 is 1.21 bits per heavy atom. The quantitative estimate of drug-likeness (QED) is 0.735. The van der Waals surface area contributed by atoms with Crippen molar-refractivity contribution in [2.75, 3.05) is 13.1 Å². The second-order valence-corrected chi connectivity index (χ2v) is 4.75. The number of ketones is 1. The number of Topliss-reactive ketones (excluding diaryl/α,β-unsaturated/α-hetero) is 1. The number of carbonyl (C=O) groups excluding carboxylic acids is 1. The molecule has 0 fully saturated rings. The van der Waals surface area contributed by atoms with Crippen LogP contribution in [0.1, 0.15) is 44.5 Å². The highest BCUT2D eigenvalue weighted by atomic mass is 19.1. The Hall–Kier alpha value is -1.29. The highest BCUT2D eigenvalue weighted by Gasteiger charge is 2.37. The summed E-state index contributed by atoms with van der Waals surface area (Å²) in [5.74, 6) is -1.63. The summed E-state index contributed by atoms with van der Waals surface area (Å²) in [5.41, 5.74) is -0.978. The van der Waals surface area contributed by atoms with Gasteiger partial charge < -0.3 is 0 Å². The largest absolute Gasteiger partial charge is 0.292 e. The number of hydrogen-bond acceptors (Lipinski definition) is 2. The van der Waals surface area contributed by atoms with E-state index in [0.29, 0.717) is 19.5 Å². The van der Waals surface area contributed by atoms with Gasteiger partial charge in [0.2, 0.25) is 0 Å². The average molecular weight is 269 g/mol. The first-order valence-corrected chi connectivity index (χ1v) is 6.65. The zero-order valence-corrected chi connectivity index (χ0v) is 12.0. The van der Waals surface area contributed by atoms with Gasteiger partial charge in [-0.1, -0.05) is 20.8 Å². The smallest absolute Gasteiger partial charge is 0.185 e. The molecule has 1 aromatic carbocycles. The highest BCUT2D eigenvalue weighted by Crippen LogP contribution is 2.26. The monoisotopic (exact) mass is 269 g/mol. The first kappa shape index (κ1) is 15.8. The van der Waals surface area contributed by atoms with Crippen molar-refractivity contribution in [2.45, 2.75) is 39.7 Å². The van der Waals surface area contributed by atoms with E-state index in [4.69, 9.17) is 0 Å². The molecule has 1 atom stereocenters. The fourth-order valence-corrected chi connectivity index (χ4v) is 2.41. The van der Waals surface area contributed by atoms with Crippen LogP contribution in [0, 0.1) is 11.6 Å². The standard InChI is InChI=1S/C15H21F2NO/c1-5-15(4,18(6-2)7-3)14(19)12-10-11(16)8-9-13(12)17/h8-10H,5-7H2,1-4H3. The van der Waals surface area contributed by atoms with Crippen molar-refractivity contribution in [1.82, 2.24) is 4.90 Å². The van der Waals surface area contributed by atoms with Gasteiger partial charge in [-0.3, -0.25) is 9.69 Å². The van der Waals surface area contributed by atoms with Crippen LogP contribution >= 0.6 is 0 Å². The molecule has 0 amide bonds. The summed E-state index contributed by atoms with van der Waals surface area (Å²) in [6, 6.07) is 3.00. The van der Waals surface area contributed by atoms with Crippen molar-refractivity contribution in [1.29, 1.82) is 0 Å². The number of halogens is 2. The molecule has 0 N–H and O–H groups in total. The molecular weight excluding hydrogens is 248 g/mol. The van der Waals surface area contributed by atoms with Crippen LogP contribution in [0.2, 0.25) is 0 Å². The zero-order valence-electron chi connectivity index (χ0n) is 12.0. The fourth-order valence-electron chi connectivity index (χ4n) is 2.41. The lowest BCUT2D eigenvalue weighted by molar-refractivity contribution is 0.0603. The summed E-state index contributed by atoms with van der Waals surface area (Å²) in [4.78, 5) is 14.6. The Morgan fingerprint density at radius 3 is 2.26 bits per heavy atom. The van der Waals surface area contributed by atoms with Crippen LogP contribution in [0.4, 0.5) is 8.78 Å². The van der Waals surface area contributed by atoms with E-state index < -0.39 is 17.2 Å². The van der Waals surface area contributed by atoms with Gasteiger partial charge in [0.05, 0.1) is 11.1 Å². The minimum atomic E-state index is -0.807. The van der Waals surface area contributed by atoms with Gasteiger partial charge in [0.1, 0.15) is 11.6 Å². The van der Waals surface area contributed by atoms with Crippen molar-refractivity contribution in [3.63, 3.8) is 0 Å². The molecule has 0 aliphatic carbocycles. The molecule has 1 rings (SSSR count). The third kappa shape index (κ3) is 3.00. The van der Waals surface area contributed by atoms with Crippen LogP contribution in [0.15, 0.2) is 18.2 Å². The molecule has 106 valence electrons. The number of carbonyl (C=O) groups is 1. The molecule has 4 heteroatoms. The minimum absolute atomic E-state index is 0.170. The van der Waals surface area contributed by atoms with Gasteiger partial charge in [-0.15, -0.1) is 0 Å². The van der Waals surface area contributed by atoms with Gasteiger partial charge in [0.25, 0.3) is 0 Å². The predicted octanol–water partition coefficient (Wildman–Crippen LogP) is 3.66. The summed E-state index contributed by atoms with van der Waals surface area (Å²) in [6.45, 7) is 8.94. The van der Waals surface area contributed by atoms with E-state index >= 15 is 0 Å². The van der Waals surface area contributed by atoms with Gasteiger partial charge in [0, 0.05) is 0 Å². The molecule has 0 aliphatic rings. The van der Waals surface area contributed by atoms with E-state index in [1.165, 1.54) is 0 Å². The van der Waals surface area contributed by atoms with Crippen LogP contribution in [0.25, 0.3) is 0 Å². The Kier molecular flexibility index (Phi) is 5.18. The number of hydrogen-bond donors (Lipinski definition) is 0. The van der Waals surface area contributed by atoms with Gasteiger partial charge >= 0.3 is 0 Å². The van der Waals surface area contributed by atoms with Crippen molar-refractivity contribution >= 4 is 5.78 Å². The minimum Gasteiger partial charge on any atom is -0.292 e. The van der Waals surface area contributed by atoms with Crippen LogP contribution in [0.5, 0.6) is 0 Å². The molecule has 0 aromatic heterocycles. The molecule has 2 nitrogen and oxygen atoms in total. The van der Waals surface area contributed by atoms with Gasteiger partial charge in [-0.2, -0.15) is 0 Å². The van der Waals surface area contributed by atoms with Gasteiger partial charge in [-0.25, -0.2) is 8.78 Å². The maximum absolute atomic E-state index is 13.8. The molecule has 19 heavy (non-hydrogen) atoms. The first-order valence-electron chi connectivity index (χ1n) is 6.65. The van der Waals surface area contributed by atoms with E-state index in [1.54, 1.807) is 6.92 Å². The molecule has 0 spiro atoms. The Labute approximate surface area is 113 Å². The SMILES string of the molecule is CCN(CC)C(C)(CC)C(=O)c1cc(F)ccc1F. The second-order valence-electron chi connectivity index (χ2n) is 4.75. The lowest BCUT2D eigenvalue weighted by Crippen LogP contribution is -2.52. The van der Waals surface area contributed by atoms with E-state index in [2.05, 4.69) is 0 Å². The van der Waals surface area contributed by atoms with Crippen LogP contribution in [-0.4, -0.2) is 29.3 Å². The molecule has 1 unspecified atom stereocenters. The van der Waals surface area contributed by atoms with Crippen LogP contribution in [-0.2, 0) is 0 Å². The normalized spacial score (nSPS) is 14.5. The van der Waals surface area contributed by atoms with Crippen LogP contribution < -0.4 is 0 Å². The first-order chi connectivity index (χ1) is 8.90. The Balaban J connectivity index is 3.25. The summed E-state index contributed by atoms with van der Waals surface area (Å²) >= 11 is 0. The third-order valence-electron chi connectivity index (χ3n) is 3.81. The predicted molar refractivity (Wildman–Crippen MR) is 72.3 cm³/mol. The Bertz CT molecular complexity index is 457. The number of rotatable bonds is 6. The van der Waals surface area contributed by atoms with E-state index in [-0.39, 0.29) is 11.3 Å². The molecule has 0 bridgehead atoms. The summed E-state index contributed by atoms with van der Waals surface area (Å²) < 4.78 is 27.0. The lowest BCUT2D eigenvalue weighted by Gasteiger charge is -2.38. The highest BCUT2D eigenvalue weighted by molar-refractivity contribution is 6.03. The molecule has 0 saturated carbocycles. The number of nitrogens with zero attached hydrogens (tertiary/aromatic N) is 1. The fraction of sp³-hybridized carbons (Fsp3) is 0.533. The maximum Gasteiger partial charge on any atom is 0.185 e. The van der Waals surface area contributed by atoms with Crippen LogP contribution in [0.3, 0.4) is 0 Å². The molecule has 0 heterocycles. The second kappa shape index (κ2) is 6.24. The molecule has 0 aliphatic heterocycles. The third-order valence-corrected chi connectivity index (χ3v) is 3.81. The van der Waals surface area contributed by atoms with E-state index in [9.17, 15) is 13.6 Å². The van der Waals surface area contributed by atoms with E-state index in [0.717, 1.165) is 18.2 Å². The average Bonchev–Trinajstić information content (AvgIpc) is 2.41. The Morgan fingerprint density at radius 2 is 1.79 bits per heavy atom. The molecular formula is C15H21F2NO. The van der Waals surface area contributed by atoms with Crippen molar-refractivity contribution < 1.29 is 13.6 Å². The van der Waals surface area contributed by atoms with E-state index in [1.807, 2.05) is 25.7 Å². The van der Waals surface area contributed by atoms with Crippen molar-refractivity contribution in [2.24, 2.45) is 0 Å². The summed E-state index contributed by atoms with van der Waals surface area (Å²) in [7, 11) is 0. The number of benzene rings is 1. The van der Waals surface area contributed by atoms with Gasteiger partial charge in [0.15, 0.2) is 5.78 Å². The molecule has 0 saturated heterocycles. The number of likely N-dealkylation sites (N-methyl/N-ethyl adjacent to an activating group) is 1. The summed E-state index contributed by atoms with van der Waals surface area (Å²) in [6.07, 6.45) is 0.545. The molecule has 1 aromatic rings. The van der Waals surface area contributed by atoms with Crippen molar-refractivity contribution in [3.8, 4) is 0 Å². The van der Waals surface area contributed by atoms with Crippen molar-refractivity contribution in [3.05, 3.63) is 35.4 Å². The maximum atomic E-state index is 13.8. The van der Waals surface area contributed by atoms with Gasteiger partial charge in [-0.05, 0) is 44.6 Å². The lowest BCUT2D eigenvalue weighted by atomic mass is 9.86. The summed E-state index contributed by atoms with van der Waals surface area (Å²) in [5, 5.41) is 0. The molecule has 0 radical (unpaired) electrons.